The molecular formula is C10H16BrNOSSi. The van der Waals surface area contributed by atoms with Crippen molar-refractivity contribution in [1.29, 1.82) is 0 Å². The molecule has 0 radical (unpaired) electrons. The average Bonchev–Trinajstić information content (AvgIpc) is 2.48. The number of nitrogens with two attached hydrogens (primary N) is 1. The van der Waals surface area contributed by atoms with Crippen LogP contribution >= 0.6 is 27.3 Å². The number of thiophene rings is 1. The number of hydrogen-bond acceptors (Lipinski definition) is 2. The van der Waals surface area contributed by atoms with Gasteiger partial charge in [-0.15, -0.1) is 11.3 Å². The van der Waals surface area contributed by atoms with Gasteiger partial charge in [-0.1, -0.05) is 35.6 Å². The van der Waals surface area contributed by atoms with E-state index in [1.54, 1.807) is 11.3 Å². The lowest BCUT2D eigenvalue weighted by molar-refractivity contribution is 0.100. The van der Waals surface area contributed by atoms with Gasteiger partial charge < -0.3 is 5.73 Å². The normalized spacial score (nSPS) is 11.7. The molecule has 1 aromatic rings. The highest BCUT2D eigenvalue weighted by Gasteiger charge is 2.25. The smallest absolute Gasteiger partial charge is 0.249 e. The molecule has 15 heavy (non-hydrogen) atoms. The number of aryl methyl sites for hydroxylation is 1. The molecule has 1 rings (SSSR count). The third-order valence-electron chi connectivity index (χ3n) is 2.07. The first-order chi connectivity index (χ1) is 6.86. The van der Waals surface area contributed by atoms with Crippen LogP contribution in [0.25, 0.3) is 0 Å². The van der Waals surface area contributed by atoms with Gasteiger partial charge in [0.25, 0.3) is 0 Å². The summed E-state index contributed by atoms with van der Waals surface area (Å²) in [5, 5.41) is 0.927. The Morgan fingerprint density at radius 1 is 1.53 bits per heavy atom. The summed E-state index contributed by atoms with van der Waals surface area (Å²) in [7, 11) is -1.45. The molecule has 0 saturated heterocycles. The summed E-state index contributed by atoms with van der Waals surface area (Å²) in [6.07, 6.45) is 0.968. The summed E-state index contributed by atoms with van der Waals surface area (Å²) < 4.78 is 1.23. The van der Waals surface area contributed by atoms with E-state index in [4.69, 9.17) is 5.73 Å². The van der Waals surface area contributed by atoms with E-state index in [9.17, 15) is 4.79 Å². The number of primary amides is 1. The van der Waals surface area contributed by atoms with Crippen molar-refractivity contribution in [2.24, 2.45) is 5.73 Å². The highest BCUT2D eigenvalue weighted by molar-refractivity contribution is 9.09. The maximum atomic E-state index is 11.3. The van der Waals surface area contributed by atoms with Crippen LogP contribution in [0.2, 0.25) is 19.6 Å². The van der Waals surface area contributed by atoms with E-state index in [0.29, 0.717) is 0 Å². The van der Waals surface area contributed by atoms with Crippen LogP contribution in [0.15, 0.2) is 6.07 Å². The molecule has 2 nitrogen and oxygen atoms in total. The van der Waals surface area contributed by atoms with Crippen molar-refractivity contribution in [3.05, 3.63) is 16.5 Å². The van der Waals surface area contributed by atoms with E-state index in [0.717, 1.165) is 17.3 Å². The van der Waals surface area contributed by atoms with Gasteiger partial charge in [-0.3, -0.25) is 4.79 Å². The molecule has 0 aromatic carbocycles. The average molecular weight is 306 g/mol. The summed E-state index contributed by atoms with van der Waals surface area (Å²) in [5.41, 5.74) is 6.14. The molecule has 0 unspecified atom stereocenters. The van der Waals surface area contributed by atoms with Crippen LogP contribution in [0.5, 0.6) is 0 Å². The second kappa shape index (κ2) is 4.80. The molecule has 0 fully saturated rings. The van der Waals surface area contributed by atoms with Gasteiger partial charge in [-0.05, 0) is 12.5 Å². The fraction of sp³-hybridized carbons (Fsp3) is 0.500. The first kappa shape index (κ1) is 12.9. The van der Waals surface area contributed by atoms with E-state index in [2.05, 4.69) is 35.6 Å². The van der Waals surface area contributed by atoms with E-state index >= 15 is 0 Å². The van der Waals surface area contributed by atoms with Crippen LogP contribution in [0, 0.1) is 0 Å². The van der Waals surface area contributed by atoms with Gasteiger partial charge in [0.2, 0.25) is 5.91 Å². The van der Waals surface area contributed by atoms with Gasteiger partial charge in [0, 0.05) is 20.3 Å². The maximum Gasteiger partial charge on any atom is 0.249 e. The third-order valence-corrected chi connectivity index (χ3v) is 7.25. The van der Waals surface area contributed by atoms with Crippen LogP contribution < -0.4 is 10.2 Å². The number of halogens is 1. The number of alkyl halides is 1. The summed E-state index contributed by atoms with van der Waals surface area (Å²) >= 11 is 5.16. The molecule has 0 saturated carbocycles. The molecule has 0 aliphatic rings. The van der Waals surface area contributed by atoms with E-state index in [-0.39, 0.29) is 5.91 Å². The number of carbonyl (C=O) groups is 1. The third kappa shape index (κ3) is 3.16. The molecule has 1 aromatic heterocycles. The van der Waals surface area contributed by atoms with Crippen LogP contribution in [0.4, 0.5) is 0 Å². The minimum atomic E-state index is -1.45. The summed E-state index contributed by atoms with van der Waals surface area (Å²) in [6, 6.07) is 1.96. The summed E-state index contributed by atoms with van der Waals surface area (Å²) in [6.45, 7) is 6.72. The first-order valence-corrected chi connectivity index (χ1v) is 10.3. The molecule has 2 N–H and O–H groups in total. The van der Waals surface area contributed by atoms with Gasteiger partial charge in [-0.25, -0.2) is 0 Å². The maximum absolute atomic E-state index is 11.3. The largest absolute Gasteiger partial charge is 0.366 e. The predicted octanol–water partition coefficient (Wildman–Crippen LogP) is 2.33. The first-order valence-electron chi connectivity index (χ1n) is 4.85. The SMILES string of the molecule is C[Si](C)(C)c1sc(CCBr)cc1C(N)=O. The van der Waals surface area contributed by atoms with Crippen molar-refractivity contribution in [3.63, 3.8) is 0 Å². The van der Waals surface area contributed by atoms with Crippen LogP contribution in [0.3, 0.4) is 0 Å². The van der Waals surface area contributed by atoms with Crippen LogP contribution in [-0.4, -0.2) is 19.3 Å². The second-order valence-electron chi connectivity index (χ2n) is 4.51. The fourth-order valence-electron chi connectivity index (χ4n) is 1.40. The van der Waals surface area contributed by atoms with Crippen LogP contribution in [-0.2, 0) is 6.42 Å². The molecule has 1 heterocycles. The lowest BCUT2D eigenvalue weighted by Gasteiger charge is -2.14. The number of carbonyl (C=O) groups excluding carboxylic acids is 1. The Balaban J connectivity index is 3.18. The zero-order valence-corrected chi connectivity index (χ0v) is 12.7. The van der Waals surface area contributed by atoms with Gasteiger partial charge in [-0.2, -0.15) is 0 Å². The molecule has 0 atom stereocenters. The van der Waals surface area contributed by atoms with Gasteiger partial charge in [0.15, 0.2) is 0 Å². The molecule has 1 amide bonds. The summed E-state index contributed by atoms with van der Waals surface area (Å²) in [4.78, 5) is 12.6. The standard InChI is InChI=1S/C10H16BrNOSSi/c1-15(2,3)10-8(9(12)13)6-7(14-10)4-5-11/h6H,4-5H2,1-3H3,(H2,12,13). The second-order valence-corrected chi connectivity index (χ2v) is 11.8. The minimum Gasteiger partial charge on any atom is -0.366 e. The van der Waals surface area contributed by atoms with Gasteiger partial charge in [0.1, 0.15) is 0 Å². The zero-order chi connectivity index (χ0) is 11.6. The number of amides is 1. The Morgan fingerprint density at radius 3 is 2.47 bits per heavy atom. The highest BCUT2D eigenvalue weighted by atomic mass is 79.9. The van der Waals surface area contributed by atoms with Crippen molar-refractivity contribution in [2.75, 3.05) is 5.33 Å². The monoisotopic (exact) mass is 305 g/mol. The summed E-state index contributed by atoms with van der Waals surface area (Å²) in [5.74, 6) is -0.288. The molecule has 0 spiro atoms. The van der Waals surface area contributed by atoms with E-state index in [1.165, 1.54) is 9.38 Å². The highest BCUT2D eigenvalue weighted by Crippen LogP contribution is 2.19. The van der Waals surface area contributed by atoms with Crippen LogP contribution in [0.1, 0.15) is 15.2 Å². The van der Waals surface area contributed by atoms with Crippen molar-refractivity contribution in [1.82, 2.24) is 0 Å². The van der Waals surface area contributed by atoms with E-state index < -0.39 is 8.07 Å². The molecule has 0 bridgehead atoms. The van der Waals surface area contributed by atoms with Crippen molar-refractivity contribution < 1.29 is 4.79 Å². The quantitative estimate of drug-likeness (QED) is 0.673. The minimum absolute atomic E-state index is 0.288. The zero-order valence-electron chi connectivity index (χ0n) is 9.26. The van der Waals surface area contributed by atoms with E-state index in [1.807, 2.05) is 6.07 Å². The van der Waals surface area contributed by atoms with Crippen molar-refractivity contribution >= 4 is 45.7 Å². The Morgan fingerprint density at radius 2 is 2.13 bits per heavy atom. The molecule has 0 aliphatic carbocycles. The Hall–Kier alpha value is -0.133. The lowest BCUT2D eigenvalue weighted by atomic mass is 10.3. The topological polar surface area (TPSA) is 43.1 Å². The lowest BCUT2D eigenvalue weighted by Crippen LogP contribution is -2.39. The van der Waals surface area contributed by atoms with Crippen molar-refractivity contribution in [3.8, 4) is 0 Å². The Kier molecular flexibility index (Phi) is 4.14. The predicted molar refractivity (Wildman–Crippen MR) is 73.3 cm³/mol. The number of rotatable bonds is 4. The molecule has 0 aliphatic heterocycles. The number of hydrogen-bond donors (Lipinski definition) is 1. The molecular weight excluding hydrogens is 290 g/mol. The fourth-order valence-corrected chi connectivity index (χ4v) is 5.62. The van der Waals surface area contributed by atoms with Crippen molar-refractivity contribution in [2.45, 2.75) is 26.1 Å². The van der Waals surface area contributed by atoms with Gasteiger partial charge in [0.05, 0.1) is 8.07 Å². The Bertz CT molecular complexity index is 370. The Labute approximate surface area is 104 Å². The molecule has 5 heteroatoms. The molecule has 84 valence electrons. The van der Waals surface area contributed by atoms with Gasteiger partial charge >= 0.3 is 0 Å².